The highest BCUT2D eigenvalue weighted by Gasteiger charge is 2.18. The fourth-order valence-electron chi connectivity index (χ4n) is 2.89. The zero-order chi connectivity index (χ0) is 21.0. The number of ether oxygens (including phenoxy) is 1. The van der Waals surface area contributed by atoms with E-state index in [-0.39, 0.29) is 17.8 Å². The molecule has 8 heteroatoms. The van der Waals surface area contributed by atoms with Crippen LogP contribution in [-0.4, -0.2) is 26.4 Å². The molecule has 0 bridgehead atoms. The maximum atomic E-state index is 12.1. The second kappa shape index (κ2) is 9.33. The summed E-state index contributed by atoms with van der Waals surface area (Å²) in [6, 6.07) is 13.2. The van der Waals surface area contributed by atoms with Gasteiger partial charge in [0.05, 0.1) is 5.75 Å². The van der Waals surface area contributed by atoms with E-state index in [2.05, 4.69) is 15.5 Å². The molecule has 1 heterocycles. The van der Waals surface area contributed by atoms with Crippen molar-refractivity contribution in [3.05, 3.63) is 64.4 Å². The summed E-state index contributed by atoms with van der Waals surface area (Å²) >= 11 is 7.56. The molecule has 1 unspecified atom stereocenters. The highest BCUT2D eigenvalue weighted by molar-refractivity contribution is 7.99. The Bertz CT molecular complexity index is 984. The van der Waals surface area contributed by atoms with Crippen LogP contribution >= 0.6 is 23.4 Å². The zero-order valence-corrected chi connectivity index (χ0v) is 18.3. The summed E-state index contributed by atoms with van der Waals surface area (Å²) in [7, 11) is 1.87. The van der Waals surface area contributed by atoms with Gasteiger partial charge < -0.3 is 14.6 Å². The van der Waals surface area contributed by atoms with Crippen molar-refractivity contribution in [3.63, 3.8) is 0 Å². The van der Waals surface area contributed by atoms with E-state index >= 15 is 0 Å². The van der Waals surface area contributed by atoms with E-state index in [1.165, 1.54) is 11.8 Å². The Morgan fingerprint density at radius 1 is 1.21 bits per heavy atom. The molecule has 152 valence electrons. The molecule has 0 aliphatic rings. The van der Waals surface area contributed by atoms with Crippen molar-refractivity contribution >= 4 is 35.0 Å². The first-order valence-corrected chi connectivity index (χ1v) is 10.5. The average molecular weight is 431 g/mol. The van der Waals surface area contributed by atoms with Gasteiger partial charge in [0.25, 0.3) is 0 Å². The molecule has 0 fully saturated rings. The molecule has 0 aliphatic carbocycles. The van der Waals surface area contributed by atoms with Crippen LogP contribution in [0.2, 0.25) is 5.02 Å². The van der Waals surface area contributed by atoms with Crippen LogP contribution in [0, 0.1) is 13.8 Å². The Labute approximate surface area is 179 Å². The summed E-state index contributed by atoms with van der Waals surface area (Å²) in [5.41, 5.74) is 2.70. The molecule has 0 radical (unpaired) electrons. The predicted octanol–water partition coefficient (Wildman–Crippen LogP) is 4.96. The van der Waals surface area contributed by atoms with Crippen LogP contribution in [0.1, 0.15) is 30.0 Å². The van der Waals surface area contributed by atoms with Gasteiger partial charge >= 0.3 is 0 Å². The molecule has 1 aromatic heterocycles. The van der Waals surface area contributed by atoms with E-state index in [0.29, 0.717) is 11.0 Å². The van der Waals surface area contributed by atoms with Gasteiger partial charge in [-0.25, -0.2) is 0 Å². The molecule has 0 aliphatic heterocycles. The van der Waals surface area contributed by atoms with Crippen LogP contribution in [0.5, 0.6) is 5.75 Å². The minimum Gasteiger partial charge on any atom is -0.483 e. The van der Waals surface area contributed by atoms with Crippen molar-refractivity contribution in [2.24, 2.45) is 7.05 Å². The quantitative estimate of drug-likeness (QED) is 0.536. The Kier molecular flexibility index (Phi) is 6.82. The minimum absolute atomic E-state index is 0.0952. The number of thioether (sulfide) groups is 1. The molecule has 0 spiro atoms. The van der Waals surface area contributed by atoms with Crippen LogP contribution < -0.4 is 10.1 Å². The SMILES string of the molecule is Cc1cc(OC(C)c2nnc(SCC(=O)Nc3ccccc3)n2C)cc(C)c1Cl. The van der Waals surface area contributed by atoms with Crippen LogP contribution in [0.3, 0.4) is 0 Å². The highest BCUT2D eigenvalue weighted by atomic mass is 35.5. The average Bonchev–Trinajstić information content (AvgIpc) is 3.06. The number of carbonyl (C=O) groups excluding carboxylic acids is 1. The van der Waals surface area contributed by atoms with Gasteiger partial charge in [0.2, 0.25) is 5.91 Å². The van der Waals surface area contributed by atoms with Gasteiger partial charge in [0.1, 0.15) is 5.75 Å². The number of hydrogen-bond donors (Lipinski definition) is 1. The number of aromatic nitrogens is 3. The summed E-state index contributed by atoms with van der Waals surface area (Å²) in [6.07, 6.45) is -0.306. The summed E-state index contributed by atoms with van der Waals surface area (Å²) in [5.74, 6) is 1.56. The van der Waals surface area contributed by atoms with Gasteiger partial charge in [-0.2, -0.15) is 0 Å². The van der Waals surface area contributed by atoms with Crippen molar-refractivity contribution in [2.45, 2.75) is 32.0 Å². The molecular weight excluding hydrogens is 408 g/mol. The maximum Gasteiger partial charge on any atom is 0.234 e. The smallest absolute Gasteiger partial charge is 0.234 e. The summed E-state index contributed by atoms with van der Waals surface area (Å²) in [4.78, 5) is 12.1. The van der Waals surface area contributed by atoms with Crippen molar-refractivity contribution in [1.82, 2.24) is 14.8 Å². The Balaban J connectivity index is 1.62. The molecule has 6 nitrogen and oxygen atoms in total. The topological polar surface area (TPSA) is 69.0 Å². The van der Waals surface area contributed by atoms with Crippen LogP contribution in [-0.2, 0) is 11.8 Å². The highest BCUT2D eigenvalue weighted by Crippen LogP contribution is 2.29. The largest absolute Gasteiger partial charge is 0.483 e. The minimum atomic E-state index is -0.306. The molecule has 1 N–H and O–H groups in total. The number of aryl methyl sites for hydroxylation is 2. The molecule has 3 rings (SSSR count). The second-order valence-electron chi connectivity index (χ2n) is 6.73. The monoisotopic (exact) mass is 430 g/mol. The van der Waals surface area contributed by atoms with Crippen molar-refractivity contribution in [1.29, 1.82) is 0 Å². The van der Waals surface area contributed by atoms with Crippen LogP contribution in [0.4, 0.5) is 5.69 Å². The normalized spacial score (nSPS) is 11.9. The molecule has 1 amide bonds. The molecule has 0 saturated carbocycles. The fraction of sp³-hybridized carbons (Fsp3) is 0.286. The van der Waals surface area contributed by atoms with Gasteiger partial charge in [-0.1, -0.05) is 41.6 Å². The summed E-state index contributed by atoms with van der Waals surface area (Å²) in [6.45, 7) is 5.81. The maximum absolute atomic E-state index is 12.1. The van der Waals surface area contributed by atoms with E-state index in [1.54, 1.807) is 0 Å². The number of nitrogens with one attached hydrogen (secondary N) is 1. The molecule has 1 atom stereocenters. The van der Waals surface area contributed by atoms with Crippen molar-refractivity contribution in [3.8, 4) is 5.75 Å². The number of nitrogens with zero attached hydrogens (tertiary/aromatic N) is 3. The van der Waals surface area contributed by atoms with Gasteiger partial charge in [0.15, 0.2) is 17.1 Å². The van der Waals surface area contributed by atoms with Crippen molar-refractivity contribution in [2.75, 3.05) is 11.1 Å². The number of hydrogen-bond acceptors (Lipinski definition) is 5. The van der Waals surface area contributed by atoms with E-state index < -0.39 is 0 Å². The molecule has 2 aromatic carbocycles. The van der Waals surface area contributed by atoms with Gasteiger partial charge in [-0.3, -0.25) is 4.79 Å². The lowest BCUT2D eigenvalue weighted by atomic mass is 10.1. The Hall–Kier alpha value is -2.51. The first kappa shape index (κ1) is 21.2. The fourth-order valence-corrected chi connectivity index (χ4v) is 3.71. The van der Waals surface area contributed by atoms with E-state index in [9.17, 15) is 4.79 Å². The van der Waals surface area contributed by atoms with Crippen molar-refractivity contribution < 1.29 is 9.53 Å². The molecule has 3 aromatic rings. The van der Waals surface area contributed by atoms with Crippen LogP contribution in [0.25, 0.3) is 0 Å². The van der Waals surface area contributed by atoms with Gasteiger partial charge in [0, 0.05) is 17.8 Å². The number of carbonyl (C=O) groups is 1. The van der Waals surface area contributed by atoms with Gasteiger partial charge in [-0.05, 0) is 56.2 Å². The Morgan fingerprint density at radius 3 is 2.52 bits per heavy atom. The second-order valence-corrected chi connectivity index (χ2v) is 8.05. The van der Waals surface area contributed by atoms with E-state index in [1.807, 2.05) is 74.9 Å². The third-order valence-corrected chi connectivity index (χ3v) is 5.96. The number of benzene rings is 2. The number of rotatable bonds is 7. The molecule has 0 saturated heterocycles. The van der Waals surface area contributed by atoms with E-state index in [0.717, 1.165) is 27.6 Å². The first-order chi connectivity index (χ1) is 13.8. The standard InChI is InChI=1S/C21H23ClN4O2S/c1-13-10-17(11-14(2)19(13)22)28-15(3)20-24-25-21(26(20)4)29-12-18(27)23-16-8-6-5-7-9-16/h5-11,15H,12H2,1-4H3,(H,23,27). The zero-order valence-electron chi connectivity index (χ0n) is 16.8. The third kappa shape index (κ3) is 5.31. The van der Waals surface area contributed by atoms with Crippen LogP contribution in [0.15, 0.2) is 47.6 Å². The first-order valence-electron chi connectivity index (χ1n) is 9.15. The lowest BCUT2D eigenvalue weighted by Crippen LogP contribution is -2.14. The lowest BCUT2D eigenvalue weighted by Gasteiger charge is -2.16. The molecular formula is C21H23ClN4O2S. The van der Waals surface area contributed by atoms with E-state index in [4.69, 9.17) is 16.3 Å². The predicted molar refractivity (Wildman–Crippen MR) is 117 cm³/mol. The number of para-hydroxylation sites is 1. The number of halogens is 1. The number of anilines is 1. The lowest BCUT2D eigenvalue weighted by molar-refractivity contribution is -0.113. The van der Waals surface area contributed by atoms with Gasteiger partial charge in [-0.15, -0.1) is 10.2 Å². The number of amides is 1. The molecule has 29 heavy (non-hydrogen) atoms. The summed E-state index contributed by atoms with van der Waals surface area (Å²) in [5, 5.41) is 12.7. The summed E-state index contributed by atoms with van der Waals surface area (Å²) < 4.78 is 7.89. The Morgan fingerprint density at radius 2 is 1.86 bits per heavy atom. The third-order valence-electron chi connectivity index (χ3n) is 4.34.